The van der Waals surface area contributed by atoms with Crippen molar-refractivity contribution in [3.05, 3.63) is 82.0 Å². The molecule has 0 spiro atoms. The molecule has 0 bridgehead atoms. The number of nitrogens with zero attached hydrogens (tertiary/aromatic N) is 3. The lowest BCUT2D eigenvalue weighted by molar-refractivity contribution is -0.384. The highest BCUT2D eigenvalue weighted by Gasteiger charge is 2.19. The van der Waals surface area contributed by atoms with Gasteiger partial charge in [0.25, 0.3) is 5.69 Å². The number of aromatic nitrogens is 2. The minimum Gasteiger partial charge on any atom is -0.462 e. The van der Waals surface area contributed by atoms with E-state index in [-0.39, 0.29) is 12.3 Å². The van der Waals surface area contributed by atoms with Gasteiger partial charge in [-0.05, 0) is 17.7 Å². The average Bonchev–Trinajstić information content (AvgIpc) is 3.04. The maximum atomic E-state index is 12.4. The summed E-state index contributed by atoms with van der Waals surface area (Å²) in [6.45, 7) is 0.261. The second-order valence-corrected chi connectivity index (χ2v) is 5.74. The molecule has 0 unspecified atom stereocenters. The summed E-state index contributed by atoms with van der Waals surface area (Å²) in [4.78, 5) is 22.7. The quantitative estimate of drug-likeness (QED) is 0.386. The van der Waals surface area contributed by atoms with Crippen molar-refractivity contribution in [2.24, 2.45) is 7.05 Å². The second-order valence-electron chi connectivity index (χ2n) is 5.74. The number of benzene rings is 2. The van der Waals surface area contributed by atoms with Crippen molar-refractivity contribution in [2.45, 2.75) is 6.42 Å². The Hall–Kier alpha value is -3.48. The lowest BCUT2D eigenvalue weighted by Crippen LogP contribution is -2.08. The molecule has 0 N–H and O–H groups in total. The molecule has 7 nitrogen and oxygen atoms in total. The number of ether oxygens (including phenoxy) is 1. The third-order valence-electron chi connectivity index (χ3n) is 3.87. The molecule has 0 amide bonds. The maximum Gasteiger partial charge on any atom is 0.342 e. The molecule has 1 heterocycles. The first-order chi connectivity index (χ1) is 12.5. The van der Waals surface area contributed by atoms with E-state index in [1.807, 2.05) is 30.3 Å². The Morgan fingerprint density at radius 3 is 2.50 bits per heavy atom. The predicted octanol–water partition coefficient (Wildman–Crippen LogP) is 3.39. The number of aryl methyl sites for hydroxylation is 1. The normalized spacial score (nSPS) is 10.5. The van der Waals surface area contributed by atoms with Crippen LogP contribution in [0.1, 0.15) is 15.9 Å². The summed E-state index contributed by atoms with van der Waals surface area (Å²) in [6, 6.07) is 15.7. The molecule has 0 aliphatic heterocycles. The number of hydrogen-bond acceptors (Lipinski definition) is 5. The van der Waals surface area contributed by atoms with Crippen LogP contribution >= 0.6 is 0 Å². The third kappa shape index (κ3) is 3.94. The molecule has 0 saturated carbocycles. The Bertz CT molecular complexity index is 918. The summed E-state index contributed by atoms with van der Waals surface area (Å²) >= 11 is 0. The van der Waals surface area contributed by atoms with Crippen molar-refractivity contribution in [3.63, 3.8) is 0 Å². The van der Waals surface area contributed by atoms with Crippen LogP contribution in [-0.4, -0.2) is 27.3 Å². The molecule has 7 heteroatoms. The second kappa shape index (κ2) is 7.60. The van der Waals surface area contributed by atoms with Crippen molar-refractivity contribution in [1.82, 2.24) is 9.78 Å². The highest BCUT2D eigenvalue weighted by molar-refractivity contribution is 5.96. The zero-order valence-corrected chi connectivity index (χ0v) is 14.2. The largest absolute Gasteiger partial charge is 0.462 e. The Labute approximate surface area is 150 Å². The van der Waals surface area contributed by atoms with Gasteiger partial charge in [-0.2, -0.15) is 5.10 Å². The van der Waals surface area contributed by atoms with Gasteiger partial charge in [0.05, 0.1) is 11.5 Å². The van der Waals surface area contributed by atoms with Crippen LogP contribution in [0.2, 0.25) is 0 Å². The van der Waals surface area contributed by atoms with Crippen molar-refractivity contribution >= 4 is 11.7 Å². The Morgan fingerprint density at radius 1 is 1.15 bits per heavy atom. The molecule has 3 aromatic rings. The van der Waals surface area contributed by atoms with Crippen LogP contribution in [0, 0.1) is 10.1 Å². The third-order valence-corrected chi connectivity index (χ3v) is 3.87. The van der Waals surface area contributed by atoms with Crippen LogP contribution in [0.25, 0.3) is 11.3 Å². The van der Waals surface area contributed by atoms with E-state index in [1.165, 1.54) is 16.8 Å². The molecule has 132 valence electrons. The Kier molecular flexibility index (Phi) is 5.07. The van der Waals surface area contributed by atoms with Gasteiger partial charge in [0, 0.05) is 37.4 Å². The van der Waals surface area contributed by atoms with Gasteiger partial charge in [0.1, 0.15) is 11.3 Å². The number of carbonyl (C=O) groups excluding carboxylic acids is 1. The van der Waals surface area contributed by atoms with Crippen LogP contribution in [0.3, 0.4) is 0 Å². The number of nitro groups is 1. The molecule has 2 aromatic carbocycles. The number of rotatable bonds is 6. The predicted molar refractivity (Wildman–Crippen MR) is 95.7 cm³/mol. The van der Waals surface area contributed by atoms with Gasteiger partial charge in [0.15, 0.2) is 0 Å². The van der Waals surface area contributed by atoms with E-state index >= 15 is 0 Å². The fourth-order valence-electron chi connectivity index (χ4n) is 2.58. The minimum atomic E-state index is -0.471. The first-order valence-corrected chi connectivity index (χ1v) is 8.04. The summed E-state index contributed by atoms with van der Waals surface area (Å²) in [5.74, 6) is -0.470. The van der Waals surface area contributed by atoms with Gasteiger partial charge in [0.2, 0.25) is 0 Å². The smallest absolute Gasteiger partial charge is 0.342 e. The fourth-order valence-corrected chi connectivity index (χ4v) is 2.58. The highest BCUT2D eigenvalue weighted by atomic mass is 16.6. The van der Waals surface area contributed by atoms with Crippen molar-refractivity contribution in [1.29, 1.82) is 0 Å². The highest BCUT2D eigenvalue weighted by Crippen LogP contribution is 2.25. The molecular formula is C19H17N3O4. The maximum absolute atomic E-state index is 12.4. The first-order valence-electron chi connectivity index (χ1n) is 8.04. The topological polar surface area (TPSA) is 87.3 Å². The van der Waals surface area contributed by atoms with E-state index in [0.717, 1.165) is 5.56 Å². The summed E-state index contributed by atoms with van der Waals surface area (Å²) in [5.41, 5.74) is 2.45. The minimum absolute atomic E-state index is 0.0170. The van der Waals surface area contributed by atoms with Gasteiger partial charge in [-0.25, -0.2) is 4.79 Å². The van der Waals surface area contributed by atoms with Crippen LogP contribution < -0.4 is 0 Å². The van der Waals surface area contributed by atoms with Crippen molar-refractivity contribution < 1.29 is 14.5 Å². The molecule has 0 radical (unpaired) electrons. The molecule has 0 atom stereocenters. The number of nitro benzene ring substituents is 1. The number of non-ortho nitro benzene ring substituents is 1. The van der Waals surface area contributed by atoms with Gasteiger partial charge < -0.3 is 4.74 Å². The molecule has 26 heavy (non-hydrogen) atoms. The van der Waals surface area contributed by atoms with E-state index in [2.05, 4.69) is 5.10 Å². The zero-order valence-electron chi connectivity index (χ0n) is 14.2. The molecule has 0 aliphatic carbocycles. The summed E-state index contributed by atoms with van der Waals surface area (Å²) < 4.78 is 6.89. The number of hydrogen-bond donors (Lipinski definition) is 0. The zero-order chi connectivity index (χ0) is 18.5. The molecule has 0 saturated heterocycles. The van der Waals surface area contributed by atoms with Crippen molar-refractivity contribution in [2.75, 3.05) is 6.61 Å². The number of esters is 1. The van der Waals surface area contributed by atoms with Crippen LogP contribution in [0.15, 0.2) is 60.8 Å². The molecular weight excluding hydrogens is 334 g/mol. The van der Waals surface area contributed by atoms with E-state index in [9.17, 15) is 14.9 Å². The lowest BCUT2D eigenvalue weighted by atomic mass is 10.1. The van der Waals surface area contributed by atoms with Gasteiger partial charge in [-0.3, -0.25) is 14.8 Å². The van der Waals surface area contributed by atoms with E-state index in [0.29, 0.717) is 23.2 Å². The first kappa shape index (κ1) is 17.3. The van der Waals surface area contributed by atoms with Crippen LogP contribution in [0.5, 0.6) is 0 Å². The monoisotopic (exact) mass is 351 g/mol. The van der Waals surface area contributed by atoms with Gasteiger partial charge in [-0.1, -0.05) is 30.3 Å². The summed E-state index contributed by atoms with van der Waals surface area (Å²) in [5, 5.41) is 15.1. The molecule has 0 fully saturated rings. The van der Waals surface area contributed by atoms with E-state index in [1.54, 1.807) is 25.4 Å². The van der Waals surface area contributed by atoms with Crippen molar-refractivity contribution in [3.8, 4) is 11.3 Å². The van der Waals surface area contributed by atoms with Gasteiger partial charge >= 0.3 is 5.97 Å². The molecule has 0 aliphatic rings. The average molecular weight is 351 g/mol. The standard InChI is InChI=1S/C19H17N3O4/c1-21-13-17(19(23)26-12-11-14-5-3-2-4-6-14)18(20-21)15-7-9-16(10-8-15)22(24)25/h2-10,13H,11-12H2,1H3. The van der Waals surface area contributed by atoms with Crippen LogP contribution in [0.4, 0.5) is 5.69 Å². The Balaban J connectivity index is 1.73. The van der Waals surface area contributed by atoms with Crippen LogP contribution in [-0.2, 0) is 18.2 Å². The lowest BCUT2D eigenvalue weighted by Gasteiger charge is -2.05. The van der Waals surface area contributed by atoms with Gasteiger partial charge in [-0.15, -0.1) is 0 Å². The SMILES string of the molecule is Cn1cc(C(=O)OCCc2ccccc2)c(-c2ccc([N+](=O)[O-])cc2)n1. The van der Waals surface area contributed by atoms with E-state index in [4.69, 9.17) is 4.74 Å². The van der Waals surface area contributed by atoms with E-state index < -0.39 is 10.9 Å². The fraction of sp³-hybridized carbons (Fsp3) is 0.158. The Morgan fingerprint density at radius 2 is 1.85 bits per heavy atom. The summed E-state index contributed by atoms with van der Waals surface area (Å²) in [6.07, 6.45) is 2.21. The number of carbonyl (C=O) groups is 1. The molecule has 3 rings (SSSR count). The summed E-state index contributed by atoms with van der Waals surface area (Å²) in [7, 11) is 1.70. The molecule has 1 aromatic heterocycles.